The van der Waals surface area contributed by atoms with E-state index in [9.17, 15) is 23.1 Å². The minimum absolute atomic E-state index is 0. The summed E-state index contributed by atoms with van der Waals surface area (Å²) in [6, 6.07) is 6.11. The van der Waals surface area contributed by atoms with E-state index in [2.05, 4.69) is 22.0 Å². The number of aliphatic hydroxyl groups excluding tert-OH is 1. The summed E-state index contributed by atoms with van der Waals surface area (Å²) in [5, 5.41) is 19.1. The van der Waals surface area contributed by atoms with Gasteiger partial charge in [-0.2, -0.15) is 9.40 Å². The Morgan fingerprint density at radius 3 is 2.24 bits per heavy atom. The lowest BCUT2D eigenvalue weighted by molar-refractivity contribution is -0.166. The number of piperazine rings is 2. The van der Waals surface area contributed by atoms with Gasteiger partial charge in [-0.1, -0.05) is 32.6 Å². The van der Waals surface area contributed by atoms with Gasteiger partial charge >= 0.3 is 0 Å². The highest BCUT2D eigenvalue weighted by molar-refractivity contribution is 7.89. The predicted molar refractivity (Wildman–Crippen MR) is 195 cm³/mol. The molecule has 4 aliphatic rings. The zero-order valence-corrected chi connectivity index (χ0v) is 31.8. The zero-order valence-electron chi connectivity index (χ0n) is 30.1. The van der Waals surface area contributed by atoms with E-state index >= 15 is 0 Å². The fourth-order valence-electron chi connectivity index (χ4n) is 8.35. The first-order valence-corrected chi connectivity index (χ1v) is 19.8. The van der Waals surface area contributed by atoms with Crippen molar-refractivity contribution in [1.82, 2.24) is 34.1 Å². The Kier molecular flexibility index (Phi) is 12.4. The molecule has 1 aromatic carbocycles. The standard InChI is InChI=1S/C36H55N7O5S.ClH/c1-5-6-18-42-34(45)32(33(44)28-10-8-7-9-11-28)37-35(46)36(42)16-19-40(20-17-36)25-31-26(2)38-43(27(31)3)29-12-14-30(15-13-29)49(47,48)41-23-21-39(4)22-24-41;/h12-15,28,32-33,44H,5-11,16-25H2,1-4H3,(H,37,46);1H/t32-,33-;/m1./s1. The topological polar surface area (TPSA) is 131 Å². The van der Waals surface area contributed by atoms with Gasteiger partial charge in [0.2, 0.25) is 21.8 Å². The number of benzene rings is 1. The number of aryl methyl sites for hydroxylation is 1. The SMILES string of the molecule is CCCCN1C(=O)[C@@H]([C@H](O)C2CCCCC2)NC(=O)C12CCN(Cc1c(C)nn(-c3ccc(S(=O)(=O)N4CCN(C)CC4)cc3)c1C)CC2.Cl. The third kappa shape index (κ3) is 7.50. The first kappa shape index (κ1) is 38.7. The van der Waals surface area contributed by atoms with Crippen molar-refractivity contribution in [2.24, 2.45) is 5.92 Å². The molecule has 6 rings (SSSR count). The molecule has 2 N–H and O–H groups in total. The van der Waals surface area contributed by atoms with Crippen LogP contribution in [0.4, 0.5) is 0 Å². The molecule has 14 heteroatoms. The smallest absolute Gasteiger partial charge is 0.248 e. The van der Waals surface area contributed by atoms with Crippen LogP contribution in [0.3, 0.4) is 0 Å². The Balaban J connectivity index is 0.00000486. The Morgan fingerprint density at radius 1 is 0.980 bits per heavy atom. The first-order valence-electron chi connectivity index (χ1n) is 18.3. The van der Waals surface area contributed by atoms with Crippen LogP contribution in [0.25, 0.3) is 5.69 Å². The zero-order chi connectivity index (χ0) is 34.9. The number of likely N-dealkylation sites (tertiary alicyclic amines) is 1. The van der Waals surface area contributed by atoms with E-state index in [1.54, 1.807) is 16.4 Å². The van der Waals surface area contributed by atoms with Crippen LogP contribution in [-0.2, 0) is 26.2 Å². The van der Waals surface area contributed by atoms with Crippen LogP contribution in [0.5, 0.6) is 0 Å². The van der Waals surface area contributed by atoms with Crippen molar-refractivity contribution in [2.45, 2.75) is 108 Å². The summed E-state index contributed by atoms with van der Waals surface area (Å²) in [6.07, 6.45) is 7.03. The van der Waals surface area contributed by atoms with Gasteiger partial charge < -0.3 is 20.2 Å². The van der Waals surface area contributed by atoms with E-state index in [0.717, 1.165) is 80.7 Å². The lowest BCUT2D eigenvalue weighted by atomic mass is 9.78. The summed E-state index contributed by atoms with van der Waals surface area (Å²) < 4.78 is 29.9. The minimum atomic E-state index is -3.55. The molecule has 2 aromatic rings. The third-order valence-corrected chi connectivity index (χ3v) is 13.6. The quantitative estimate of drug-likeness (QED) is 0.381. The number of amides is 2. The molecule has 4 fully saturated rings. The number of aromatic nitrogens is 2. The van der Waals surface area contributed by atoms with Crippen molar-refractivity contribution in [3.8, 4) is 5.69 Å². The third-order valence-electron chi connectivity index (χ3n) is 11.7. The lowest BCUT2D eigenvalue weighted by Gasteiger charge is -2.52. The number of aliphatic hydroxyl groups is 1. The first-order chi connectivity index (χ1) is 23.5. The summed E-state index contributed by atoms with van der Waals surface area (Å²) in [5.74, 6) is -0.205. The second-order valence-corrected chi connectivity index (χ2v) is 16.7. The maximum absolute atomic E-state index is 14.0. The molecule has 2 atom stereocenters. The number of rotatable bonds is 10. The second kappa shape index (κ2) is 16.0. The number of nitrogens with one attached hydrogen (secondary N) is 1. The van der Waals surface area contributed by atoms with Gasteiger partial charge in [0.1, 0.15) is 11.6 Å². The number of unbranched alkanes of at least 4 members (excludes halogenated alkanes) is 1. The molecule has 3 saturated heterocycles. The number of hydrogen-bond acceptors (Lipinski definition) is 8. The van der Waals surface area contributed by atoms with E-state index < -0.39 is 27.7 Å². The number of halogens is 1. The van der Waals surface area contributed by atoms with Crippen LogP contribution >= 0.6 is 12.4 Å². The van der Waals surface area contributed by atoms with Crippen LogP contribution < -0.4 is 5.32 Å². The number of nitrogens with zero attached hydrogens (tertiary/aromatic N) is 6. The van der Waals surface area contributed by atoms with Gasteiger partial charge in [0.15, 0.2) is 0 Å². The Morgan fingerprint density at radius 2 is 1.62 bits per heavy atom. The molecule has 50 heavy (non-hydrogen) atoms. The van der Waals surface area contributed by atoms with Crippen LogP contribution in [0.1, 0.15) is 81.7 Å². The molecule has 0 radical (unpaired) electrons. The molecule has 1 aliphatic carbocycles. The van der Waals surface area contributed by atoms with Crippen molar-refractivity contribution in [3.05, 3.63) is 41.2 Å². The molecular weight excluding hydrogens is 678 g/mol. The van der Waals surface area contributed by atoms with Crippen LogP contribution in [0.15, 0.2) is 29.2 Å². The van der Waals surface area contributed by atoms with Crippen molar-refractivity contribution in [1.29, 1.82) is 0 Å². The predicted octanol–water partition coefficient (Wildman–Crippen LogP) is 3.25. The summed E-state index contributed by atoms with van der Waals surface area (Å²) >= 11 is 0. The van der Waals surface area contributed by atoms with Crippen molar-refractivity contribution in [2.75, 3.05) is 52.9 Å². The Bertz CT molecular complexity index is 1590. The monoisotopic (exact) mass is 733 g/mol. The highest BCUT2D eigenvalue weighted by Crippen LogP contribution is 2.37. The second-order valence-electron chi connectivity index (χ2n) is 14.8. The average Bonchev–Trinajstić information content (AvgIpc) is 3.39. The number of carbonyl (C=O) groups is 2. The number of piperidine rings is 1. The molecule has 3 aliphatic heterocycles. The van der Waals surface area contributed by atoms with Crippen molar-refractivity contribution in [3.63, 3.8) is 0 Å². The molecular formula is C36H56ClN7O5S. The van der Waals surface area contributed by atoms with Gasteiger partial charge in [0.05, 0.1) is 22.4 Å². The van der Waals surface area contributed by atoms with E-state index in [-0.39, 0.29) is 35.0 Å². The molecule has 1 aromatic heterocycles. The van der Waals surface area contributed by atoms with Gasteiger partial charge in [-0.3, -0.25) is 14.5 Å². The lowest BCUT2D eigenvalue weighted by Crippen LogP contribution is -2.75. The highest BCUT2D eigenvalue weighted by Gasteiger charge is 2.55. The molecule has 0 unspecified atom stereocenters. The number of hydrogen-bond donors (Lipinski definition) is 2. The minimum Gasteiger partial charge on any atom is -0.390 e. The maximum atomic E-state index is 14.0. The fourth-order valence-corrected chi connectivity index (χ4v) is 9.77. The summed E-state index contributed by atoms with van der Waals surface area (Å²) in [5.41, 5.74) is 2.90. The molecule has 0 bridgehead atoms. The van der Waals surface area contributed by atoms with E-state index in [0.29, 0.717) is 52.1 Å². The number of carbonyl (C=O) groups excluding carboxylic acids is 2. The van der Waals surface area contributed by atoms with E-state index in [1.165, 1.54) is 0 Å². The largest absolute Gasteiger partial charge is 0.390 e. The van der Waals surface area contributed by atoms with Crippen molar-refractivity contribution >= 4 is 34.2 Å². The average molecular weight is 734 g/mol. The number of likely N-dealkylation sites (N-methyl/N-ethyl adjacent to an activating group) is 1. The molecule has 1 spiro atoms. The van der Waals surface area contributed by atoms with E-state index in [4.69, 9.17) is 5.10 Å². The molecule has 278 valence electrons. The van der Waals surface area contributed by atoms with Crippen LogP contribution in [-0.4, -0.2) is 125 Å². The van der Waals surface area contributed by atoms with Crippen LogP contribution in [0.2, 0.25) is 0 Å². The maximum Gasteiger partial charge on any atom is 0.248 e. The molecule has 1 saturated carbocycles. The molecule has 2 amide bonds. The number of sulfonamides is 1. The van der Waals surface area contributed by atoms with Gasteiger partial charge in [0, 0.05) is 63.6 Å². The van der Waals surface area contributed by atoms with Gasteiger partial charge in [-0.25, -0.2) is 13.1 Å². The van der Waals surface area contributed by atoms with Crippen molar-refractivity contribution < 1.29 is 23.1 Å². The Hall–Kier alpha value is -2.55. The molecule has 4 heterocycles. The van der Waals surface area contributed by atoms with Gasteiger partial charge in [-0.05, 0) is 83.2 Å². The van der Waals surface area contributed by atoms with Crippen LogP contribution in [0, 0.1) is 19.8 Å². The van der Waals surface area contributed by atoms with Gasteiger partial charge in [0.25, 0.3) is 0 Å². The fraction of sp³-hybridized carbons (Fsp3) is 0.694. The summed E-state index contributed by atoms with van der Waals surface area (Å²) in [4.78, 5) is 34.5. The molecule has 12 nitrogen and oxygen atoms in total. The van der Waals surface area contributed by atoms with E-state index in [1.807, 2.05) is 42.6 Å². The van der Waals surface area contributed by atoms with Gasteiger partial charge in [-0.15, -0.1) is 12.4 Å². The highest BCUT2D eigenvalue weighted by atomic mass is 35.5. The summed E-state index contributed by atoms with van der Waals surface area (Å²) in [6.45, 7) is 11.0. The summed E-state index contributed by atoms with van der Waals surface area (Å²) in [7, 11) is -1.55. The normalized spacial score (nSPS) is 23.5. The Labute approximate surface area is 304 Å².